The number of methoxy groups -OCH3 is 1. The minimum absolute atomic E-state index is 0.273. The van der Waals surface area contributed by atoms with Crippen LogP contribution in [-0.2, 0) is 6.42 Å². The number of nitrogens with one attached hydrogen (secondary N) is 2. The molecule has 3 rings (SSSR count). The van der Waals surface area contributed by atoms with E-state index in [2.05, 4.69) is 20.6 Å². The number of para-hydroxylation sites is 2. The van der Waals surface area contributed by atoms with Crippen LogP contribution in [0.4, 0.5) is 11.5 Å². The van der Waals surface area contributed by atoms with Crippen LogP contribution in [0.15, 0.2) is 54.9 Å². The third kappa shape index (κ3) is 4.65. The van der Waals surface area contributed by atoms with E-state index in [1.807, 2.05) is 56.3 Å². The van der Waals surface area contributed by atoms with E-state index in [1.54, 1.807) is 13.3 Å². The number of nitrogens with zero attached hydrogens (tertiary/aromatic N) is 2. The summed E-state index contributed by atoms with van der Waals surface area (Å²) < 4.78 is 5.36. The van der Waals surface area contributed by atoms with Crippen LogP contribution in [0.25, 0.3) is 0 Å². The number of ether oxygens (including phenoxy) is 1. The predicted octanol–water partition coefficient (Wildman–Crippen LogP) is 4.01. The largest absolute Gasteiger partial charge is 0.496 e. The summed E-state index contributed by atoms with van der Waals surface area (Å²) in [5, 5.41) is 6.13. The molecular weight excluding hydrogens is 352 g/mol. The van der Waals surface area contributed by atoms with Gasteiger partial charge in [0.2, 0.25) is 0 Å². The molecule has 0 saturated carbocycles. The molecule has 0 aliphatic carbocycles. The third-order valence-corrected chi connectivity index (χ3v) is 4.50. The van der Waals surface area contributed by atoms with Crippen molar-refractivity contribution < 1.29 is 9.53 Å². The van der Waals surface area contributed by atoms with Crippen LogP contribution in [0.5, 0.6) is 5.75 Å². The van der Waals surface area contributed by atoms with Gasteiger partial charge in [-0.15, -0.1) is 0 Å². The van der Waals surface area contributed by atoms with Crippen molar-refractivity contribution in [2.45, 2.75) is 20.3 Å². The van der Waals surface area contributed by atoms with Crippen LogP contribution >= 0.6 is 0 Å². The molecule has 0 aliphatic rings. The molecule has 0 atom stereocenters. The van der Waals surface area contributed by atoms with E-state index in [1.165, 1.54) is 6.20 Å². The molecular formula is C22H24N4O2. The lowest BCUT2D eigenvalue weighted by Crippen LogP contribution is -2.16. The summed E-state index contributed by atoms with van der Waals surface area (Å²) in [5.74, 6) is 1.22. The fourth-order valence-electron chi connectivity index (χ4n) is 2.96. The first-order valence-electron chi connectivity index (χ1n) is 9.14. The maximum Gasteiger partial charge on any atom is 0.275 e. The molecule has 0 saturated heterocycles. The van der Waals surface area contributed by atoms with E-state index in [4.69, 9.17) is 4.74 Å². The summed E-state index contributed by atoms with van der Waals surface area (Å²) in [6, 6.07) is 13.8. The molecule has 144 valence electrons. The number of aryl methyl sites for hydroxylation is 2. The van der Waals surface area contributed by atoms with Gasteiger partial charge in [0.1, 0.15) is 17.3 Å². The minimum Gasteiger partial charge on any atom is -0.496 e. The first kappa shape index (κ1) is 19.4. The first-order chi connectivity index (χ1) is 13.6. The molecule has 2 N–H and O–H groups in total. The number of aromatic nitrogens is 2. The van der Waals surface area contributed by atoms with Crippen molar-refractivity contribution in [1.29, 1.82) is 0 Å². The van der Waals surface area contributed by atoms with E-state index in [0.29, 0.717) is 12.4 Å². The number of hydrogen-bond acceptors (Lipinski definition) is 5. The van der Waals surface area contributed by atoms with Crippen molar-refractivity contribution in [2.24, 2.45) is 0 Å². The van der Waals surface area contributed by atoms with Crippen molar-refractivity contribution in [3.63, 3.8) is 0 Å². The highest BCUT2D eigenvalue weighted by Gasteiger charge is 2.11. The topological polar surface area (TPSA) is 76.1 Å². The van der Waals surface area contributed by atoms with Crippen LogP contribution in [0.1, 0.15) is 27.2 Å². The van der Waals surface area contributed by atoms with Gasteiger partial charge in [0.15, 0.2) is 0 Å². The average Bonchev–Trinajstić information content (AvgIpc) is 2.71. The highest BCUT2D eigenvalue weighted by molar-refractivity contribution is 6.03. The van der Waals surface area contributed by atoms with E-state index in [0.717, 1.165) is 34.5 Å². The molecule has 28 heavy (non-hydrogen) atoms. The van der Waals surface area contributed by atoms with Crippen molar-refractivity contribution in [1.82, 2.24) is 9.97 Å². The zero-order chi connectivity index (χ0) is 19.9. The zero-order valence-corrected chi connectivity index (χ0v) is 16.3. The normalized spacial score (nSPS) is 10.4. The van der Waals surface area contributed by atoms with Gasteiger partial charge < -0.3 is 15.4 Å². The van der Waals surface area contributed by atoms with E-state index >= 15 is 0 Å². The number of carbonyl (C=O) groups excluding carboxylic acids is 1. The van der Waals surface area contributed by atoms with Crippen molar-refractivity contribution in [3.05, 3.63) is 77.2 Å². The second-order valence-electron chi connectivity index (χ2n) is 6.50. The molecule has 1 amide bonds. The van der Waals surface area contributed by atoms with Crippen LogP contribution < -0.4 is 15.4 Å². The summed E-state index contributed by atoms with van der Waals surface area (Å²) in [4.78, 5) is 21.0. The van der Waals surface area contributed by atoms with Crippen LogP contribution in [0.2, 0.25) is 0 Å². The van der Waals surface area contributed by atoms with Crippen molar-refractivity contribution >= 4 is 17.4 Å². The number of anilines is 2. The van der Waals surface area contributed by atoms with E-state index < -0.39 is 0 Å². The van der Waals surface area contributed by atoms with Crippen LogP contribution in [0, 0.1) is 13.8 Å². The highest BCUT2D eigenvalue weighted by Crippen LogP contribution is 2.20. The van der Waals surface area contributed by atoms with Gasteiger partial charge in [-0.1, -0.05) is 36.4 Å². The molecule has 1 heterocycles. The lowest BCUT2D eigenvalue weighted by molar-refractivity contribution is 0.102. The highest BCUT2D eigenvalue weighted by atomic mass is 16.5. The monoisotopic (exact) mass is 376 g/mol. The van der Waals surface area contributed by atoms with E-state index in [-0.39, 0.29) is 11.6 Å². The Morgan fingerprint density at radius 1 is 1.00 bits per heavy atom. The second kappa shape index (κ2) is 8.99. The molecule has 0 spiro atoms. The number of benzene rings is 2. The summed E-state index contributed by atoms with van der Waals surface area (Å²) in [5.41, 5.74) is 4.23. The maximum atomic E-state index is 12.5. The van der Waals surface area contributed by atoms with Gasteiger partial charge in [-0.25, -0.2) is 9.97 Å². The average molecular weight is 376 g/mol. The lowest BCUT2D eigenvalue weighted by Gasteiger charge is -2.11. The number of amides is 1. The van der Waals surface area contributed by atoms with Gasteiger partial charge >= 0.3 is 0 Å². The number of rotatable bonds is 7. The smallest absolute Gasteiger partial charge is 0.275 e. The van der Waals surface area contributed by atoms with Crippen LogP contribution in [0.3, 0.4) is 0 Å². The maximum absolute atomic E-state index is 12.5. The summed E-state index contributed by atoms with van der Waals surface area (Å²) in [7, 11) is 1.67. The fraction of sp³-hybridized carbons (Fsp3) is 0.227. The Kier molecular flexibility index (Phi) is 6.22. The summed E-state index contributed by atoms with van der Waals surface area (Å²) in [6.07, 6.45) is 3.84. The SMILES string of the molecule is COc1ccccc1CCNc1cnc(C(=O)Nc2c(C)cccc2C)cn1. The minimum atomic E-state index is -0.273. The van der Waals surface area contributed by atoms with E-state index in [9.17, 15) is 4.79 Å². The predicted molar refractivity (Wildman–Crippen MR) is 111 cm³/mol. The molecule has 0 unspecified atom stereocenters. The molecule has 2 aromatic carbocycles. The number of carbonyl (C=O) groups is 1. The standard InChI is InChI=1S/C22H24N4O2/c1-15-7-6-8-16(2)21(15)26-22(27)18-13-25-20(14-24-18)23-12-11-17-9-4-5-10-19(17)28-3/h4-10,13-14H,11-12H2,1-3H3,(H,23,25)(H,26,27). The lowest BCUT2D eigenvalue weighted by atomic mass is 10.1. The zero-order valence-electron chi connectivity index (χ0n) is 16.3. The van der Waals surface area contributed by atoms with Gasteiger partial charge in [-0.05, 0) is 43.0 Å². The molecule has 0 bridgehead atoms. The van der Waals surface area contributed by atoms with Crippen molar-refractivity contribution in [3.8, 4) is 5.75 Å². The first-order valence-corrected chi connectivity index (χ1v) is 9.14. The summed E-state index contributed by atoms with van der Waals surface area (Å²) in [6.45, 7) is 4.61. The quantitative estimate of drug-likeness (QED) is 0.652. The second-order valence-corrected chi connectivity index (χ2v) is 6.50. The van der Waals surface area contributed by atoms with Crippen molar-refractivity contribution in [2.75, 3.05) is 24.3 Å². The Balaban J connectivity index is 1.58. The molecule has 0 aliphatic heterocycles. The van der Waals surface area contributed by atoms with Gasteiger partial charge in [0, 0.05) is 12.2 Å². The Bertz CT molecular complexity index is 935. The Labute approximate surface area is 165 Å². The Morgan fingerprint density at radius 3 is 2.43 bits per heavy atom. The van der Waals surface area contributed by atoms with Gasteiger partial charge in [0.25, 0.3) is 5.91 Å². The number of hydrogen-bond donors (Lipinski definition) is 2. The molecule has 3 aromatic rings. The van der Waals surface area contributed by atoms with Gasteiger partial charge in [-0.3, -0.25) is 4.79 Å². The van der Waals surface area contributed by atoms with Crippen LogP contribution in [-0.4, -0.2) is 29.5 Å². The Morgan fingerprint density at radius 2 is 1.75 bits per heavy atom. The molecule has 0 fully saturated rings. The fourth-order valence-corrected chi connectivity index (χ4v) is 2.96. The molecule has 6 heteroatoms. The molecule has 1 aromatic heterocycles. The Hall–Kier alpha value is -3.41. The summed E-state index contributed by atoms with van der Waals surface area (Å²) >= 11 is 0. The molecule has 0 radical (unpaired) electrons. The third-order valence-electron chi connectivity index (χ3n) is 4.50. The van der Waals surface area contributed by atoms with Gasteiger partial charge in [-0.2, -0.15) is 0 Å². The molecule has 6 nitrogen and oxygen atoms in total. The van der Waals surface area contributed by atoms with Gasteiger partial charge in [0.05, 0.1) is 19.5 Å².